The van der Waals surface area contributed by atoms with E-state index in [4.69, 9.17) is 0 Å². The number of benzene rings is 1. The number of hydrogen-bond acceptors (Lipinski definition) is 5. The molecular formula is C20H25N3O3. The number of nitrogens with zero attached hydrogens (tertiary/aromatic N) is 3. The molecule has 3 rings (SSSR count). The van der Waals surface area contributed by atoms with Crippen molar-refractivity contribution in [3.8, 4) is 11.4 Å². The average Bonchev–Trinajstić information content (AvgIpc) is 2.63. The minimum atomic E-state index is -0.732. The molecule has 1 aliphatic heterocycles. The van der Waals surface area contributed by atoms with Crippen LogP contribution in [-0.4, -0.2) is 33.1 Å². The van der Waals surface area contributed by atoms with Gasteiger partial charge in [0.25, 0.3) is 5.43 Å². The fourth-order valence-corrected chi connectivity index (χ4v) is 3.52. The van der Waals surface area contributed by atoms with E-state index in [9.17, 15) is 15.0 Å². The number of piperidine rings is 1. The van der Waals surface area contributed by atoms with Gasteiger partial charge in [0.15, 0.2) is 11.4 Å². The maximum Gasteiger partial charge on any atom is 0.252 e. The second-order valence-corrected chi connectivity index (χ2v) is 7.14. The average molecular weight is 355 g/mol. The monoisotopic (exact) mass is 355 g/mol. The quantitative estimate of drug-likeness (QED) is 0.823. The predicted molar refractivity (Wildman–Crippen MR) is 103 cm³/mol. The van der Waals surface area contributed by atoms with Crippen molar-refractivity contribution in [2.24, 2.45) is 11.8 Å². The summed E-state index contributed by atoms with van der Waals surface area (Å²) in [6.07, 6.45) is 3.54. The molecule has 1 aromatic carbocycles. The van der Waals surface area contributed by atoms with Gasteiger partial charge in [-0.05, 0) is 36.8 Å². The first-order valence-corrected chi connectivity index (χ1v) is 8.94. The fraction of sp³-hybridized carbons (Fsp3) is 0.400. The summed E-state index contributed by atoms with van der Waals surface area (Å²) in [6.45, 7) is 9.79. The second-order valence-electron chi connectivity index (χ2n) is 7.14. The highest BCUT2D eigenvalue weighted by molar-refractivity contribution is 5.63. The van der Waals surface area contributed by atoms with Crippen LogP contribution < -0.4 is 10.3 Å². The summed E-state index contributed by atoms with van der Waals surface area (Å²) in [7, 11) is 0. The zero-order chi connectivity index (χ0) is 18.8. The standard InChI is InChI=1S/C20H25N3O3/c1-13(2)15-8-10-22(11-9-15)16-6-4-5-7-17(16)23-12-18(25)20(26)19(21-23)14(3)24/h4-7,12-13,15,24-25H,3,8-11H2,1-2H3. The fourth-order valence-electron chi connectivity index (χ4n) is 3.52. The molecule has 0 atom stereocenters. The largest absolute Gasteiger partial charge is 0.506 e. The third-order valence-electron chi connectivity index (χ3n) is 5.13. The number of rotatable bonds is 4. The first kappa shape index (κ1) is 18.0. The molecule has 138 valence electrons. The van der Waals surface area contributed by atoms with Gasteiger partial charge in [-0.15, -0.1) is 0 Å². The molecule has 0 spiro atoms. The van der Waals surface area contributed by atoms with E-state index in [1.807, 2.05) is 24.3 Å². The minimum absolute atomic E-state index is 0.252. The summed E-state index contributed by atoms with van der Waals surface area (Å²) in [4.78, 5) is 14.2. The van der Waals surface area contributed by atoms with E-state index >= 15 is 0 Å². The van der Waals surface area contributed by atoms with E-state index in [-0.39, 0.29) is 5.69 Å². The van der Waals surface area contributed by atoms with Gasteiger partial charge in [0.2, 0.25) is 0 Å². The van der Waals surface area contributed by atoms with E-state index in [0.717, 1.165) is 43.2 Å². The van der Waals surface area contributed by atoms with Crippen LogP contribution in [0.4, 0.5) is 5.69 Å². The molecular weight excluding hydrogens is 330 g/mol. The highest BCUT2D eigenvalue weighted by atomic mass is 16.3. The first-order valence-electron chi connectivity index (χ1n) is 8.94. The van der Waals surface area contributed by atoms with Gasteiger partial charge < -0.3 is 15.1 Å². The van der Waals surface area contributed by atoms with Crippen molar-refractivity contribution in [2.45, 2.75) is 26.7 Å². The van der Waals surface area contributed by atoms with Crippen LogP contribution >= 0.6 is 0 Å². The Morgan fingerprint density at radius 2 is 1.85 bits per heavy atom. The summed E-state index contributed by atoms with van der Waals surface area (Å²) in [6, 6.07) is 7.73. The van der Waals surface area contributed by atoms with Gasteiger partial charge in [-0.2, -0.15) is 5.10 Å². The molecule has 0 bridgehead atoms. The normalized spacial score (nSPS) is 15.4. The van der Waals surface area contributed by atoms with Crippen LogP contribution in [0.1, 0.15) is 32.4 Å². The molecule has 1 aliphatic rings. The van der Waals surface area contributed by atoms with Gasteiger partial charge in [0.1, 0.15) is 5.76 Å². The Balaban J connectivity index is 1.99. The Morgan fingerprint density at radius 1 is 1.23 bits per heavy atom. The molecule has 0 radical (unpaired) electrons. The van der Waals surface area contributed by atoms with Crippen molar-refractivity contribution in [1.29, 1.82) is 0 Å². The van der Waals surface area contributed by atoms with Crippen LogP contribution in [0, 0.1) is 11.8 Å². The Morgan fingerprint density at radius 3 is 2.42 bits per heavy atom. The lowest BCUT2D eigenvalue weighted by Gasteiger charge is -2.36. The van der Waals surface area contributed by atoms with Gasteiger partial charge in [0, 0.05) is 13.1 Å². The second kappa shape index (κ2) is 7.23. The van der Waals surface area contributed by atoms with Gasteiger partial charge in [-0.1, -0.05) is 32.6 Å². The topological polar surface area (TPSA) is 78.6 Å². The highest BCUT2D eigenvalue weighted by Gasteiger charge is 2.23. The summed E-state index contributed by atoms with van der Waals surface area (Å²) in [5.74, 6) is 0.480. The molecule has 26 heavy (non-hydrogen) atoms. The molecule has 6 heteroatoms. The van der Waals surface area contributed by atoms with E-state index in [1.54, 1.807) is 0 Å². The van der Waals surface area contributed by atoms with Gasteiger partial charge in [0.05, 0.1) is 17.6 Å². The van der Waals surface area contributed by atoms with Crippen LogP contribution in [0.5, 0.6) is 5.75 Å². The smallest absolute Gasteiger partial charge is 0.252 e. The number of para-hydroxylation sites is 2. The van der Waals surface area contributed by atoms with Crippen LogP contribution in [-0.2, 0) is 0 Å². The van der Waals surface area contributed by atoms with E-state index in [1.165, 1.54) is 10.9 Å². The Kier molecular flexibility index (Phi) is 5.02. The van der Waals surface area contributed by atoms with Crippen LogP contribution in [0.2, 0.25) is 0 Å². The maximum atomic E-state index is 11.9. The lowest BCUT2D eigenvalue weighted by Crippen LogP contribution is -2.36. The lowest BCUT2D eigenvalue weighted by molar-refractivity contribution is 0.311. The number of aliphatic hydroxyl groups excluding tert-OH is 1. The van der Waals surface area contributed by atoms with Crippen molar-refractivity contribution in [2.75, 3.05) is 18.0 Å². The van der Waals surface area contributed by atoms with Crippen molar-refractivity contribution >= 4 is 11.4 Å². The molecule has 2 aromatic rings. The summed E-state index contributed by atoms with van der Waals surface area (Å²) in [5, 5.41) is 23.7. The number of aromatic nitrogens is 2. The highest BCUT2D eigenvalue weighted by Crippen LogP contribution is 2.31. The molecule has 0 amide bonds. The van der Waals surface area contributed by atoms with Crippen LogP contribution in [0.3, 0.4) is 0 Å². The summed E-state index contributed by atoms with van der Waals surface area (Å²) >= 11 is 0. The van der Waals surface area contributed by atoms with Crippen molar-refractivity contribution in [3.05, 3.63) is 53.0 Å². The molecule has 1 fully saturated rings. The van der Waals surface area contributed by atoms with Gasteiger partial charge in [-0.3, -0.25) is 4.79 Å². The minimum Gasteiger partial charge on any atom is -0.506 e. The molecule has 2 N–H and O–H groups in total. The third-order valence-corrected chi connectivity index (χ3v) is 5.13. The number of aromatic hydroxyl groups is 1. The third kappa shape index (κ3) is 3.45. The zero-order valence-electron chi connectivity index (χ0n) is 15.2. The molecule has 2 heterocycles. The Bertz CT molecular complexity index is 865. The van der Waals surface area contributed by atoms with Gasteiger partial charge >= 0.3 is 0 Å². The molecule has 1 aromatic heterocycles. The predicted octanol–water partition coefficient (Wildman–Crippen LogP) is 3.34. The van der Waals surface area contributed by atoms with Crippen molar-refractivity contribution in [1.82, 2.24) is 9.78 Å². The Labute approximate surface area is 153 Å². The molecule has 6 nitrogen and oxygen atoms in total. The van der Waals surface area contributed by atoms with Gasteiger partial charge in [-0.25, -0.2) is 4.68 Å². The molecule has 0 aliphatic carbocycles. The van der Waals surface area contributed by atoms with Crippen LogP contribution in [0.15, 0.2) is 41.8 Å². The summed E-state index contributed by atoms with van der Waals surface area (Å²) in [5.41, 5.74) is 0.746. The van der Waals surface area contributed by atoms with Crippen LogP contribution in [0.25, 0.3) is 11.4 Å². The number of anilines is 1. The van der Waals surface area contributed by atoms with E-state index in [0.29, 0.717) is 5.92 Å². The molecule has 0 saturated carbocycles. The van der Waals surface area contributed by atoms with E-state index in [2.05, 4.69) is 30.4 Å². The van der Waals surface area contributed by atoms with E-state index < -0.39 is 16.9 Å². The summed E-state index contributed by atoms with van der Waals surface area (Å²) < 4.78 is 1.43. The number of aliphatic hydroxyl groups is 1. The first-order chi connectivity index (χ1) is 12.4. The SMILES string of the molecule is C=C(O)c1nn(-c2ccccc2N2CCC(C(C)C)CC2)cc(O)c1=O. The zero-order valence-corrected chi connectivity index (χ0v) is 15.2. The van der Waals surface area contributed by atoms with Crippen molar-refractivity contribution in [3.63, 3.8) is 0 Å². The number of hydrogen-bond donors (Lipinski definition) is 2. The molecule has 0 unspecified atom stereocenters. The van der Waals surface area contributed by atoms with Crippen molar-refractivity contribution < 1.29 is 10.2 Å². The lowest BCUT2D eigenvalue weighted by atomic mass is 9.86. The molecule has 1 saturated heterocycles. The Hall–Kier alpha value is -2.76. The maximum absolute atomic E-state index is 11.9.